The van der Waals surface area contributed by atoms with Gasteiger partial charge >= 0.3 is 30.9 Å². The fourth-order valence-corrected chi connectivity index (χ4v) is 4.73. The Morgan fingerprint density at radius 3 is 1.07 bits per heavy atom. The Labute approximate surface area is 293 Å². The molecule has 0 saturated carbocycles. The van der Waals surface area contributed by atoms with Crippen LogP contribution in [0.15, 0.2) is 24.3 Å². The van der Waals surface area contributed by atoms with Gasteiger partial charge < -0.3 is 78.4 Å². The van der Waals surface area contributed by atoms with E-state index in [1.54, 1.807) is 12.1 Å². The third kappa shape index (κ3) is 12.4. The summed E-state index contributed by atoms with van der Waals surface area (Å²) in [5.41, 5.74) is 2.87. The first-order chi connectivity index (χ1) is 18.6. The van der Waals surface area contributed by atoms with Crippen LogP contribution in [-0.4, -0.2) is 52.6 Å². The SMILES string of the molecule is CCOc1cc(N2CCCC2)c(OCC)cc1[N+]#N.CCOc1cc(N2CCCC2)c(OCC)cc1[N+]#N.[Cl-].[Cl-].[Cl-].[Cl-].[Zn+2]. The van der Waals surface area contributed by atoms with Crippen molar-refractivity contribution in [3.05, 3.63) is 34.2 Å². The van der Waals surface area contributed by atoms with Gasteiger partial charge in [0.25, 0.3) is 0 Å². The molecular formula is C28H40Cl4N6O4Zn. The third-order valence-electron chi connectivity index (χ3n) is 6.39. The van der Waals surface area contributed by atoms with Crippen LogP contribution >= 0.6 is 0 Å². The maximum atomic E-state index is 9.07. The Hall–Kier alpha value is -2.14. The molecule has 0 aromatic heterocycles. The van der Waals surface area contributed by atoms with Crippen molar-refractivity contribution < 1.29 is 88.1 Å². The van der Waals surface area contributed by atoms with E-state index in [0.29, 0.717) is 49.3 Å². The Morgan fingerprint density at radius 2 is 0.814 bits per heavy atom. The van der Waals surface area contributed by atoms with Gasteiger partial charge in [0.1, 0.15) is 0 Å². The Morgan fingerprint density at radius 1 is 0.535 bits per heavy atom. The molecule has 4 rings (SSSR count). The van der Waals surface area contributed by atoms with E-state index in [9.17, 15) is 0 Å². The average Bonchev–Trinajstić information content (AvgIpc) is 3.66. The number of ether oxygens (including phenoxy) is 4. The topological polar surface area (TPSA) is 99.7 Å². The molecule has 236 valence electrons. The molecule has 2 heterocycles. The molecule has 0 N–H and O–H groups in total. The van der Waals surface area contributed by atoms with Gasteiger partial charge in [0.05, 0.1) is 49.9 Å². The first-order valence-corrected chi connectivity index (χ1v) is 13.7. The molecule has 0 amide bonds. The number of anilines is 2. The number of diazo groups is 2. The van der Waals surface area contributed by atoms with E-state index in [1.807, 2.05) is 39.8 Å². The van der Waals surface area contributed by atoms with E-state index in [4.69, 9.17) is 29.7 Å². The van der Waals surface area contributed by atoms with Gasteiger partial charge in [-0.2, -0.15) is 0 Å². The summed E-state index contributed by atoms with van der Waals surface area (Å²) in [6.07, 6.45) is 4.78. The fourth-order valence-electron chi connectivity index (χ4n) is 4.73. The third-order valence-corrected chi connectivity index (χ3v) is 6.39. The summed E-state index contributed by atoms with van der Waals surface area (Å²) in [5.74, 6) is 2.69. The van der Waals surface area contributed by atoms with Gasteiger partial charge in [0.2, 0.25) is 22.3 Å². The number of hydrogen-bond acceptors (Lipinski definition) is 8. The average molecular weight is 732 g/mol. The number of nitrogens with zero attached hydrogens (tertiary/aromatic N) is 6. The van der Waals surface area contributed by atoms with Crippen molar-refractivity contribution in [2.24, 2.45) is 0 Å². The van der Waals surface area contributed by atoms with Crippen molar-refractivity contribution in [1.29, 1.82) is 10.8 Å². The molecule has 2 aliphatic heterocycles. The van der Waals surface area contributed by atoms with Crippen LogP contribution in [0.25, 0.3) is 9.95 Å². The van der Waals surface area contributed by atoms with Crippen LogP contribution in [0.2, 0.25) is 0 Å². The molecule has 0 atom stereocenters. The van der Waals surface area contributed by atoms with E-state index in [-0.39, 0.29) is 69.1 Å². The molecule has 0 aliphatic carbocycles. The molecule has 43 heavy (non-hydrogen) atoms. The minimum atomic E-state index is 0. The van der Waals surface area contributed by atoms with Crippen molar-refractivity contribution in [1.82, 2.24) is 0 Å². The Balaban J connectivity index is -0.000000667. The van der Waals surface area contributed by atoms with Crippen molar-refractivity contribution in [2.45, 2.75) is 53.4 Å². The predicted octanol–water partition coefficient (Wildman–Crippen LogP) is -4.85. The summed E-state index contributed by atoms with van der Waals surface area (Å²) in [6.45, 7) is 14.1. The van der Waals surface area contributed by atoms with Crippen LogP contribution in [0.3, 0.4) is 0 Å². The van der Waals surface area contributed by atoms with E-state index in [0.717, 1.165) is 49.1 Å². The van der Waals surface area contributed by atoms with Crippen molar-refractivity contribution in [3.8, 4) is 23.0 Å². The van der Waals surface area contributed by atoms with Crippen LogP contribution in [0.5, 0.6) is 23.0 Å². The minimum Gasteiger partial charge on any atom is -1.00 e. The predicted molar refractivity (Wildman–Crippen MR) is 150 cm³/mol. The van der Waals surface area contributed by atoms with Gasteiger partial charge in [-0.3, -0.25) is 0 Å². The van der Waals surface area contributed by atoms with Gasteiger partial charge in [0, 0.05) is 38.3 Å². The van der Waals surface area contributed by atoms with Crippen LogP contribution in [0, 0.1) is 10.8 Å². The van der Waals surface area contributed by atoms with Crippen LogP contribution in [0.4, 0.5) is 22.7 Å². The molecule has 0 bridgehead atoms. The van der Waals surface area contributed by atoms with Gasteiger partial charge in [-0.25, -0.2) is 0 Å². The zero-order valence-electron chi connectivity index (χ0n) is 25.3. The molecule has 2 aromatic carbocycles. The summed E-state index contributed by atoms with van der Waals surface area (Å²) < 4.78 is 22.4. The molecular weight excluding hydrogens is 692 g/mol. The molecule has 2 saturated heterocycles. The summed E-state index contributed by atoms with van der Waals surface area (Å²) in [4.78, 5) is 11.1. The van der Waals surface area contributed by atoms with Crippen LogP contribution in [0.1, 0.15) is 53.4 Å². The number of halogens is 4. The zero-order chi connectivity index (χ0) is 27.3. The van der Waals surface area contributed by atoms with Crippen LogP contribution in [-0.2, 0) is 19.5 Å². The fraction of sp³-hybridized carbons (Fsp3) is 0.571. The van der Waals surface area contributed by atoms with Gasteiger partial charge in [-0.05, 0) is 53.4 Å². The number of rotatable bonds is 10. The smallest absolute Gasteiger partial charge is 1.00 e. The molecule has 0 radical (unpaired) electrons. The number of benzene rings is 2. The van der Waals surface area contributed by atoms with Gasteiger partial charge in [-0.15, -0.1) is 0 Å². The van der Waals surface area contributed by atoms with Crippen molar-refractivity contribution in [2.75, 3.05) is 62.4 Å². The van der Waals surface area contributed by atoms with Gasteiger partial charge in [-0.1, -0.05) is 0 Å². The molecule has 2 aromatic rings. The van der Waals surface area contributed by atoms with E-state index in [1.165, 1.54) is 25.7 Å². The zero-order valence-corrected chi connectivity index (χ0v) is 31.3. The van der Waals surface area contributed by atoms with E-state index < -0.39 is 0 Å². The second-order valence-corrected chi connectivity index (χ2v) is 8.90. The quantitative estimate of drug-likeness (QED) is 0.178. The largest absolute Gasteiger partial charge is 2.00 e. The van der Waals surface area contributed by atoms with Gasteiger partial charge in [0.15, 0.2) is 21.5 Å². The Kier molecular flexibility index (Phi) is 25.5. The molecule has 15 heteroatoms. The summed E-state index contributed by atoms with van der Waals surface area (Å²) in [7, 11) is 0. The minimum absolute atomic E-state index is 0. The second-order valence-electron chi connectivity index (χ2n) is 8.90. The van der Waals surface area contributed by atoms with Crippen molar-refractivity contribution in [3.63, 3.8) is 0 Å². The van der Waals surface area contributed by atoms with E-state index >= 15 is 0 Å². The monoisotopic (exact) mass is 728 g/mol. The second kappa shape index (κ2) is 24.2. The first-order valence-electron chi connectivity index (χ1n) is 13.7. The molecule has 10 nitrogen and oxygen atoms in total. The normalized spacial score (nSPS) is 12.6. The number of hydrogen-bond donors (Lipinski definition) is 0. The van der Waals surface area contributed by atoms with Crippen LogP contribution < -0.4 is 78.4 Å². The molecule has 0 unspecified atom stereocenters. The summed E-state index contributed by atoms with van der Waals surface area (Å²) in [6, 6.07) is 7.30. The maximum absolute atomic E-state index is 9.07. The molecule has 2 aliphatic rings. The standard InChI is InChI=1S/2C14H20N3O2.4ClH.Zn/c2*1-3-18-13-10-12(17-7-5-6-8-17)14(19-4-2)9-11(13)16-15;;;;;/h2*9-10H,3-8H2,1-2H3;4*1H;/q2*+1;;;;;+2/p-4. The first kappa shape index (κ1) is 45.3. The summed E-state index contributed by atoms with van der Waals surface area (Å²) >= 11 is 0. The van der Waals surface area contributed by atoms with E-state index in [2.05, 4.69) is 19.8 Å². The molecule has 0 spiro atoms. The van der Waals surface area contributed by atoms with Crippen molar-refractivity contribution >= 4 is 22.7 Å². The summed E-state index contributed by atoms with van der Waals surface area (Å²) in [5, 5.41) is 18.1. The molecule has 2 fully saturated rings. The maximum Gasteiger partial charge on any atom is 2.00 e. The Bertz CT molecular complexity index is 1070.